The summed E-state index contributed by atoms with van der Waals surface area (Å²) in [4.78, 5) is 0. The molecule has 0 N–H and O–H groups in total. The van der Waals surface area contributed by atoms with Crippen LogP contribution in [-0.4, -0.2) is 11.4 Å². The number of rotatable bonds is 4. The van der Waals surface area contributed by atoms with Crippen molar-refractivity contribution in [3.05, 3.63) is 35.4 Å². The van der Waals surface area contributed by atoms with Crippen molar-refractivity contribution in [2.75, 3.05) is 5.33 Å². The van der Waals surface area contributed by atoms with Gasteiger partial charge >= 0.3 is 0 Å². The summed E-state index contributed by atoms with van der Waals surface area (Å²) >= 11 is 3.61. The molecule has 0 aliphatic heterocycles. The fourth-order valence-corrected chi connectivity index (χ4v) is 2.78. The third-order valence-electron chi connectivity index (χ3n) is 3.09. The van der Waals surface area contributed by atoms with Gasteiger partial charge in [-0.1, -0.05) is 39.7 Å². The van der Waals surface area contributed by atoms with Crippen molar-refractivity contribution in [1.29, 1.82) is 0 Å². The molecule has 0 heterocycles. The molecule has 0 aromatic heterocycles. The van der Waals surface area contributed by atoms with E-state index in [0.717, 1.165) is 11.1 Å². The van der Waals surface area contributed by atoms with Gasteiger partial charge in [-0.2, -0.15) is 0 Å². The van der Waals surface area contributed by atoms with E-state index in [2.05, 4.69) is 48.0 Å². The van der Waals surface area contributed by atoms with Crippen molar-refractivity contribution in [2.45, 2.75) is 39.2 Å². The van der Waals surface area contributed by atoms with Crippen molar-refractivity contribution in [3.63, 3.8) is 0 Å². The second-order valence-electron chi connectivity index (χ2n) is 4.73. The van der Waals surface area contributed by atoms with Crippen LogP contribution in [0.15, 0.2) is 29.8 Å². The van der Waals surface area contributed by atoms with Gasteiger partial charge in [0.25, 0.3) is 0 Å². The van der Waals surface area contributed by atoms with Gasteiger partial charge in [-0.25, -0.2) is 0 Å². The zero-order valence-corrected chi connectivity index (χ0v) is 12.1. The lowest BCUT2D eigenvalue weighted by molar-refractivity contribution is 0.241. The molecule has 1 fully saturated rings. The van der Waals surface area contributed by atoms with E-state index in [1.807, 2.05) is 6.07 Å². The average molecular weight is 295 g/mol. The van der Waals surface area contributed by atoms with E-state index in [1.165, 1.54) is 30.4 Å². The molecule has 0 atom stereocenters. The number of allylic oxidation sites excluding steroid dienone is 2. The van der Waals surface area contributed by atoms with Crippen molar-refractivity contribution >= 4 is 21.5 Å². The topological polar surface area (TPSA) is 9.23 Å². The van der Waals surface area contributed by atoms with Crippen LogP contribution < -0.4 is 4.74 Å². The Morgan fingerprint density at radius 1 is 1.29 bits per heavy atom. The lowest BCUT2D eigenvalue weighted by atomic mass is 9.86. The largest absolute Gasteiger partial charge is 0.490 e. The van der Waals surface area contributed by atoms with E-state index >= 15 is 0 Å². The Labute approximate surface area is 112 Å². The first kappa shape index (κ1) is 12.7. The number of para-hydroxylation sites is 1. The Kier molecular flexibility index (Phi) is 4.27. The van der Waals surface area contributed by atoms with E-state index in [1.54, 1.807) is 5.57 Å². The second kappa shape index (κ2) is 5.72. The number of hydrogen-bond acceptors (Lipinski definition) is 1. The first-order valence-corrected chi connectivity index (χ1v) is 7.37. The summed E-state index contributed by atoms with van der Waals surface area (Å²) in [7, 11) is 0. The molecule has 0 radical (unpaired) electrons. The molecule has 1 nitrogen and oxygen atoms in total. The fraction of sp³-hybridized carbons (Fsp3) is 0.467. The Hall–Kier alpha value is -0.760. The van der Waals surface area contributed by atoms with Crippen molar-refractivity contribution in [3.8, 4) is 5.75 Å². The molecular formula is C15H19BrO. The highest BCUT2D eigenvalue weighted by Crippen LogP contribution is 2.37. The molecule has 0 amide bonds. The molecule has 0 spiro atoms. The molecule has 1 aromatic carbocycles. The number of benzene rings is 1. The smallest absolute Gasteiger partial charge is 0.127 e. The summed E-state index contributed by atoms with van der Waals surface area (Å²) in [5.74, 6) is 1.01. The van der Waals surface area contributed by atoms with E-state index in [4.69, 9.17) is 4.74 Å². The number of alkyl halides is 1. The predicted octanol–water partition coefficient (Wildman–Crippen LogP) is 4.81. The molecule has 0 saturated heterocycles. The van der Waals surface area contributed by atoms with Crippen LogP contribution >= 0.6 is 15.9 Å². The SMILES string of the molecule is CC(C)Oc1ccccc1C(CBr)=C1CCC1. The average Bonchev–Trinajstić information content (AvgIpc) is 2.23. The van der Waals surface area contributed by atoms with Crippen LogP contribution in [-0.2, 0) is 0 Å². The Morgan fingerprint density at radius 3 is 2.53 bits per heavy atom. The minimum absolute atomic E-state index is 0.221. The van der Waals surface area contributed by atoms with E-state index in [9.17, 15) is 0 Å². The maximum Gasteiger partial charge on any atom is 0.127 e. The van der Waals surface area contributed by atoms with Crippen molar-refractivity contribution < 1.29 is 4.74 Å². The van der Waals surface area contributed by atoms with Crippen LogP contribution in [0.25, 0.3) is 5.57 Å². The summed E-state index contributed by atoms with van der Waals surface area (Å²) in [5.41, 5.74) is 4.27. The molecule has 1 aliphatic carbocycles. The van der Waals surface area contributed by atoms with Crippen LogP contribution in [0.3, 0.4) is 0 Å². The molecule has 92 valence electrons. The van der Waals surface area contributed by atoms with Gasteiger partial charge < -0.3 is 4.74 Å². The Balaban J connectivity index is 2.36. The maximum absolute atomic E-state index is 5.89. The molecular weight excluding hydrogens is 276 g/mol. The number of ether oxygens (including phenoxy) is 1. The van der Waals surface area contributed by atoms with E-state index in [0.29, 0.717) is 0 Å². The quantitative estimate of drug-likeness (QED) is 0.725. The van der Waals surface area contributed by atoms with E-state index < -0.39 is 0 Å². The molecule has 0 unspecified atom stereocenters. The third kappa shape index (κ3) is 2.92. The first-order valence-electron chi connectivity index (χ1n) is 6.25. The molecule has 0 bridgehead atoms. The summed E-state index contributed by atoms with van der Waals surface area (Å²) in [5, 5.41) is 0.917. The summed E-state index contributed by atoms with van der Waals surface area (Å²) in [6.45, 7) is 4.14. The van der Waals surface area contributed by atoms with Gasteiger partial charge in [-0.05, 0) is 44.7 Å². The van der Waals surface area contributed by atoms with Crippen LogP contribution in [0.4, 0.5) is 0 Å². The molecule has 2 heteroatoms. The van der Waals surface area contributed by atoms with Crippen LogP contribution in [0.1, 0.15) is 38.7 Å². The minimum atomic E-state index is 0.221. The van der Waals surface area contributed by atoms with Gasteiger partial charge in [0.2, 0.25) is 0 Å². The summed E-state index contributed by atoms with van der Waals surface area (Å²) in [6.07, 6.45) is 4.05. The standard InChI is InChI=1S/C15H19BrO/c1-11(2)17-15-9-4-3-8-13(15)14(10-16)12-6-5-7-12/h3-4,8-9,11H,5-7,10H2,1-2H3. The molecule has 1 saturated carbocycles. The van der Waals surface area contributed by atoms with Gasteiger partial charge in [-0.3, -0.25) is 0 Å². The normalized spacial score (nSPS) is 14.7. The summed E-state index contributed by atoms with van der Waals surface area (Å²) < 4.78 is 5.89. The second-order valence-corrected chi connectivity index (χ2v) is 5.29. The lowest BCUT2D eigenvalue weighted by Gasteiger charge is -2.23. The first-order chi connectivity index (χ1) is 8.22. The highest BCUT2D eigenvalue weighted by molar-refractivity contribution is 9.09. The Bertz CT molecular complexity index is 415. The van der Waals surface area contributed by atoms with Crippen molar-refractivity contribution in [2.24, 2.45) is 0 Å². The molecule has 1 aliphatic rings. The summed E-state index contributed by atoms with van der Waals surface area (Å²) in [6, 6.07) is 8.36. The molecule has 1 aromatic rings. The minimum Gasteiger partial charge on any atom is -0.490 e. The van der Waals surface area contributed by atoms with Crippen molar-refractivity contribution in [1.82, 2.24) is 0 Å². The van der Waals surface area contributed by atoms with Gasteiger partial charge in [-0.15, -0.1) is 0 Å². The number of halogens is 1. The molecule has 17 heavy (non-hydrogen) atoms. The predicted molar refractivity (Wildman–Crippen MR) is 76.8 cm³/mol. The van der Waals surface area contributed by atoms with Gasteiger partial charge in [0.1, 0.15) is 5.75 Å². The van der Waals surface area contributed by atoms with Crippen LogP contribution in [0.2, 0.25) is 0 Å². The highest BCUT2D eigenvalue weighted by Gasteiger charge is 2.17. The maximum atomic E-state index is 5.89. The zero-order chi connectivity index (χ0) is 12.3. The van der Waals surface area contributed by atoms with Gasteiger partial charge in [0, 0.05) is 10.9 Å². The lowest BCUT2D eigenvalue weighted by Crippen LogP contribution is -2.09. The highest BCUT2D eigenvalue weighted by atomic mass is 79.9. The van der Waals surface area contributed by atoms with Crippen LogP contribution in [0, 0.1) is 0 Å². The van der Waals surface area contributed by atoms with Gasteiger partial charge in [0.05, 0.1) is 6.10 Å². The van der Waals surface area contributed by atoms with E-state index in [-0.39, 0.29) is 6.10 Å². The zero-order valence-electron chi connectivity index (χ0n) is 10.5. The van der Waals surface area contributed by atoms with Crippen LogP contribution in [0.5, 0.6) is 5.75 Å². The fourth-order valence-electron chi connectivity index (χ4n) is 2.08. The van der Waals surface area contributed by atoms with Gasteiger partial charge in [0.15, 0.2) is 0 Å². The Morgan fingerprint density at radius 2 is 2.00 bits per heavy atom. The number of hydrogen-bond donors (Lipinski definition) is 0. The third-order valence-corrected chi connectivity index (χ3v) is 3.65. The molecule has 2 rings (SSSR count). The monoisotopic (exact) mass is 294 g/mol.